The molecular formula is C19H19NO2. The SMILES string of the molecule is COc1ccc(O)cc1.c1ccc(Nc2ccccc2)cc1. The molecule has 0 saturated carbocycles. The zero-order valence-corrected chi connectivity index (χ0v) is 12.4. The quantitative estimate of drug-likeness (QED) is 0.726. The lowest BCUT2D eigenvalue weighted by Crippen LogP contribution is -1.87. The second-order valence-corrected chi connectivity index (χ2v) is 4.56. The minimum absolute atomic E-state index is 0.260. The lowest BCUT2D eigenvalue weighted by molar-refractivity contribution is 0.412. The Morgan fingerprint density at radius 1 is 0.682 bits per heavy atom. The molecule has 0 aliphatic rings. The highest BCUT2D eigenvalue weighted by Crippen LogP contribution is 2.15. The van der Waals surface area contributed by atoms with Crippen LogP contribution in [0.3, 0.4) is 0 Å². The molecule has 0 aromatic heterocycles. The summed E-state index contributed by atoms with van der Waals surface area (Å²) < 4.78 is 4.86. The number of nitrogens with one attached hydrogen (secondary N) is 1. The molecule has 3 aromatic rings. The predicted octanol–water partition coefficient (Wildman–Crippen LogP) is 4.83. The summed E-state index contributed by atoms with van der Waals surface area (Å²) in [4.78, 5) is 0. The molecule has 0 heterocycles. The normalized spacial score (nSPS) is 9.32. The van der Waals surface area contributed by atoms with Crippen LogP contribution >= 0.6 is 0 Å². The fourth-order valence-corrected chi connectivity index (χ4v) is 1.79. The first-order valence-corrected chi connectivity index (χ1v) is 6.98. The van der Waals surface area contributed by atoms with E-state index in [9.17, 15) is 0 Å². The summed E-state index contributed by atoms with van der Waals surface area (Å²) in [5, 5.41) is 12.1. The van der Waals surface area contributed by atoms with Crippen molar-refractivity contribution < 1.29 is 9.84 Å². The van der Waals surface area contributed by atoms with E-state index in [2.05, 4.69) is 5.32 Å². The predicted molar refractivity (Wildman–Crippen MR) is 90.8 cm³/mol. The Bertz CT molecular complexity index is 615. The third-order valence-electron chi connectivity index (χ3n) is 2.91. The number of aromatic hydroxyl groups is 1. The van der Waals surface area contributed by atoms with E-state index >= 15 is 0 Å². The van der Waals surface area contributed by atoms with Crippen LogP contribution in [0.25, 0.3) is 0 Å². The molecule has 0 amide bonds. The van der Waals surface area contributed by atoms with E-state index in [1.807, 2.05) is 60.7 Å². The van der Waals surface area contributed by atoms with Gasteiger partial charge in [0.25, 0.3) is 0 Å². The minimum atomic E-state index is 0.260. The Kier molecular flexibility index (Phi) is 5.88. The van der Waals surface area contributed by atoms with Gasteiger partial charge in [0.15, 0.2) is 0 Å². The molecule has 0 unspecified atom stereocenters. The Labute approximate surface area is 130 Å². The van der Waals surface area contributed by atoms with Crippen LogP contribution in [0.15, 0.2) is 84.9 Å². The molecule has 0 atom stereocenters. The van der Waals surface area contributed by atoms with Crippen molar-refractivity contribution in [3.63, 3.8) is 0 Å². The fourth-order valence-electron chi connectivity index (χ4n) is 1.79. The van der Waals surface area contributed by atoms with E-state index in [4.69, 9.17) is 9.84 Å². The zero-order chi connectivity index (χ0) is 15.6. The number of benzene rings is 3. The minimum Gasteiger partial charge on any atom is -0.508 e. The molecule has 0 spiro atoms. The second-order valence-electron chi connectivity index (χ2n) is 4.56. The van der Waals surface area contributed by atoms with Gasteiger partial charge < -0.3 is 15.2 Å². The number of phenolic OH excluding ortho intramolecular Hbond substituents is 1. The zero-order valence-electron chi connectivity index (χ0n) is 12.4. The Morgan fingerprint density at radius 2 is 1.14 bits per heavy atom. The van der Waals surface area contributed by atoms with Gasteiger partial charge in [0.05, 0.1) is 7.11 Å². The smallest absolute Gasteiger partial charge is 0.119 e. The van der Waals surface area contributed by atoms with Crippen LogP contribution in [0.2, 0.25) is 0 Å². The van der Waals surface area contributed by atoms with Crippen molar-refractivity contribution >= 4 is 11.4 Å². The Balaban J connectivity index is 0.000000172. The average Bonchev–Trinajstić information content (AvgIpc) is 2.58. The van der Waals surface area contributed by atoms with Gasteiger partial charge in [-0.15, -0.1) is 0 Å². The number of ether oxygens (including phenoxy) is 1. The molecule has 3 aromatic carbocycles. The number of rotatable bonds is 3. The summed E-state index contributed by atoms with van der Waals surface area (Å²) in [5.41, 5.74) is 2.24. The first-order valence-electron chi connectivity index (χ1n) is 6.98. The van der Waals surface area contributed by atoms with Crippen LogP contribution in [-0.4, -0.2) is 12.2 Å². The highest BCUT2D eigenvalue weighted by Gasteiger charge is 1.90. The maximum atomic E-state index is 8.80. The third-order valence-corrected chi connectivity index (χ3v) is 2.91. The highest BCUT2D eigenvalue weighted by molar-refractivity contribution is 5.58. The topological polar surface area (TPSA) is 41.5 Å². The van der Waals surface area contributed by atoms with Crippen LogP contribution < -0.4 is 10.1 Å². The van der Waals surface area contributed by atoms with Crippen molar-refractivity contribution in [3.8, 4) is 11.5 Å². The van der Waals surface area contributed by atoms with E-state index in [1.54, 1.807) is 31.4 Å². The standard InChI is InChI=1S/C12H11N.C7H8O2/c1-3-7-11(8-4-1)13-12-9-5-2-6-10-12;1-9-7-4-2-6(8)3-5-7/h1-10,13H;2-5,8H,1H3. The number of hydrogen-bond donors (Lipinski definition) is 2. The second kappa shape index (κ2) is 8.37. The largest absolute Gasteiger partial charge is 0.508 e. The molecule has 22 heavy (non-hydrogen) atoms. The van der Waals surface area contributed by atoms with Gasteiger partial charge in [-0.05, 0) is 48.5 Å². The van der Waals surface area contributed by atoms with E-state index in [-0.39, 0.29) is 5.75 Å². The van der Waals surface area contributed by atoms with Crippen LogP contribution in [0.4, 0.5) is 11.4 Å². The van der Waals surface area contributed by atoms with Crippen molar-refractivity contribution in [1.29, 1.82) is 0 Å². The third kappa shape index (κ3) is 5.21. The maximum absolute atomic E-state index is 8.80. The van der Waals surface area contributed by atoms with Crippen molar-refractivity contribution in [3.05, 3.63) is 84.9 Å². The summed E-state index contributed by atoms with van der Waals surface area (Å²) in [6.45, 7) is 0. The number of para-hydroxylation sites is 2. The Hall–Kier alpha value is -2.94. The number of methoxy groups -OCH3 is 1. The highest BCUT2D eigenvalue weighted by atomic mass is 16.5. The first-order chi connectivity index (χ1) is 10.8. The molecule has 0 saturated heterocycles. The number of anilines is 2. The summed E-state index contributed by atoms with van der Waals surface area (Å²) in [5.74, 6) is 1.02. The molecule has 3 rings (SSSR count). The van der Waals surface area contributed by atoms with Crippen molar-refractivity contribution in [2.75, 3.05) is 12.4 Å². The van der Waals surface area contributed by atoms with Gasteiger partial charge in [-0.3, -0.25) is 0 Å². The first kappa shape index (κ1) is 15.4. The summed E-state index contributed by atoms with van der Waals surface area (Å²) in [6, 6.07) is 26.9. The van der Waals surface area contributed by atoms with Gasteiger partial charge in [-0.1, -0.05) is 36.4 Å². The summed E-state index contributed by atoms with van der Waals surface area (Å²) >= 11 is 0. The lowest BCUT2D eigenvalue weighted by Gasteiger charge is -2.04. The van der Waals surface area contributed by atoms with Crippen molar-refractivity contribution in [2.24, 2.45) is 0 Å². The molecule has 112 valence electrons. The van der Waals surface area contributed by atoms with E-state index < -0.39 is 0 Å². The molecule has 2 N–H and O–H groups in total. The van der Waals surface area contributed by atoms with Gasteiger partial charge in [-0.25, -0.2) is 0 Å². The van der Waals surface area contributed by atoms with E-state index in [1.165, 1.54) is 0 Å². The summed E-state index contributed by atoms with van der Waals surface area (Å²) in [6.07, 6.45) is 0. The number of phenols is 1. The molecule has 0 radical (unpaired) electrons. The summed E-state index contributed by atoms with van der Waals surface area (Å²) in [7, 11) is 1.59. The molecule has 3 heteroatoms. The molecule has 3 nitrogen and oxygen atoms in total. The van der Waals surface area contributed by atoms with Crippen LogP contribution in [0.5, 0.6) is 11.5 Å². The number of hydrogen-bond acceptors (Lipinski definition) is 3. The monoisotopic (exact) mass is 293 g/mol. The van der Waals surface area contributed by atoms with Gasteiger partial charge in [0.1, 0.15) is 11.5 Å². The van der Waals surface area contributed by atoms with E-state index in [0.717, 1.165) is 17.1 Å². The van der Waals surface area contributed by atoms with Gasteiger partial charge in [0, 0.05) is 11.4 Å². The van der Waals surface area contributed by atoms with Crippen molar-refractivity contribution in [1.82, 2.24) is 0 Å². The fraction of sp³-hybridized carbons (Fsp3) is 0.0526. The van der Waals surface area contributed by atoms with Crippen LogP contribution in [-0.2, 0) is 0 Å². The van der Waals surface area contributed by atoms with Crippen LogP contribution in [0, 0.1) is 0 Å². The van der Waals surface area contributed by atoms with Gasteiger partial charge >= 0.3 is 0 Å². The molecule has 0 fully saturated rings. The van der Waals surface area contributed by atoms with E-state index in [0.29, 0.717) is 0 Å². The average molecular weight is 293 g/mol. The molecule has 0 bridgehead atoms. The van der Waals surface area contributed by atoms with Crippen molar-refractivity contribution in [2.45, 2.75) is 0 Å². The lowest BCUT2D eigenvalue weighted by atomic mass is 10.3. The Morgan fingerprint density at radius 3 is 1.55 bits per heavy atom. The van der Waals surface area contributed by atoms with Gasteiger partial charge in [0.2, 0.25) is 0 Å². The molecule has 0 aliphatic heterocycles. The molecule has 0 aliphatic carbocycles. The maximum Gasteiger partial charge on any atom is 0.119 e. The van der Waals surface area contributed by atoms with Crippen LogP contribution in [0.1, 0.15) is 0 Å². The van der Waals surface area contributed by atoms with Gasteiger partial charge in [-0.2, -0.15) is 0 Å². The molecular weight excluding hydrogens is 274 g/mol.